The molecular weight excluding hydrogens is 757 g/mol. The van der Waals surface area contributed by atoms with Crippen molar-refractivity contribution in [3.8, 4) is 0 Å². The van der Waals surface area contributed by atoms with Crippen molar-refractivity contribution in [1.29, 1.82) is 0 Å². The highest BCUT2D eigenvalue weighted by Gasteiger charge is 2.31. The zero-order chi connectivity index (χ0) is 42.8. The number of nitrogens with one attached hydrogen (secondary N) is 9. The Hall–Kier alpha value is -5.55. The topological polar surface area (TPSA) is 261 Å². The van der Waals surface area contributed by atoms with Gasteiger partial charge in [-0.2, -0.15) is 0 Å². The molecule has 6 amide bonds. The Morgan fingerprint density at radius 1 is 0.492 bits per heavy atom. The van der Waals surface area contributed by atoms with Crippen LogP contribution in [0.25, 0.3) is 0 Å². The first kappa shape index (κ1) is 47.8. The Bertz CT molecular complexity index is 1660. The van der Waals surface area contributed by atoms with Gasteiger partial charge in [-0.25, -0.2) is 15.0 Å². The summed E-state index contributed by atoms with van der Waals surface area (Å²) in [6.07, 6.45) is 24.8. The fourth-order valence-corrected chi connectivity index (χ4v) is 6.59. The molecule has 18 heteroatoms. The number of carbonyl (C=O) groups is 6. The van der Waals surface area contributed by atoms with Gasteiger partial charge in [-0.05, 0) is 20.3 Å². The highest BCUT2D eigenvalue weighted by molar-refractivity contribution is 5.96. The van der Waals surface area contributed by atoms with Crippen LogP contribution in [0.3, 0.4) is 0 Å². The van der Waals surface area contributed by atoms with Gasteiger partial charge >= 0.3 is 0 Å². The van der Waals surface area contributed by atoms with Crippen molar-refractivity contribution in [3.05, 3.63) is 54.7 Å². The fraction of sp³-hybridized carbons (Fsp3) is 0.634. The first-order chi connectivity index (χ1) is 28.5. The minimum atomic E-state index is -1.21. The summed E-state index contributed by atoms with van der Waals surface area (Å²) >= 11 is 0. The van der Waals surface area contributed by atoms with Crippen LogP contribution >= 0.6 is 0 Å². The molecule has 0 bridgehead atoms. The van der Waals surface area contributed by atoms with Crippen LogP contribution in [0.15, 0.2) is 37.6 Å². The third kappa shape index (κ3) is 18.7. The first-order valence-corrected chi connectivity index (χ1v) is 21.1. The van der Waals surface area contributed by atoms with Crippen LogP contribution in [0.1, 0.15) is 128 Å². The molecule has 18 nitrogen and oxygen atoms in total. The van der Waals surface area contributed by atoms with E-state index in [1.54, 1.807) is 6.20 Å². The Morgan fingerprint density at radius 3 is 1.24 bits per heavy atom. The van der Waals surface area contributed by atoms with Gasteiger partial charge in [0, 0.05) is 68.4 Å². The average molecular weight is 823 g/mol. The largest absolute Gasteiger partial charge is 0.357 e. The SMILES string of the molecule is CCCCCCCCCCCCCCCC(=O)N[C@@H](Cc1cnc[nH]1)C(=O)N[C@@H](C)C(=O)N[C@H](Cc1cnc[nH]1)C(=O)N[C@H](Cc1cnc[nH]1)C(=O)N[C@@H](C)C(=O)NC. The summed E-state index contributed by atoms with van der Waals surface area (Å²) in [6, 6.07) is -5.38. The summed E-state index contributed by atoms with van der Waals surface area (Å²) in [5.74, 6) is -3.28. The average Bonchev–Trinajstić information content (AvgIpc) is 4.04. The van der Waals surface area contributed by atoms with Crippen molar-refractivity contribution in [1.82, 2.24) is 61.8 Å². The van der Waals surface area contributed by atoms with Crippen LogP contribution in [0, 0.1) is 0 Å². The van der Waals surface area contributed by atoms with Gasteiger partial charge in [-0.3, -0.25) is 28.8 Å². The Kier molecular flexibility index (Phi) is 22.0. The van der Waals surface area contributed by atoms with Gasteiger partial charge in [0.15, 0.2) is 0 Å². The predicted molar refractivity (Wildman–Crippen MR) is 222 cm³/mol. The van der Waals surface area contributed by atoms with Gasteiger partial charge in [0.25, 0.3) is 0 Å². The Balaban J connectivity index is 1.56. The standard InChI is InChI=1S/C41H66N12O6/c1-5-6-7-8-9-10-11-12-13-14-15-16-17-18-36(54)51-33(19-30-22-43-25-46-30)39(57)50-29(3)38(56)52-35(21-32-24-45-27-48-32)41(59)53-34(20-31-23-44-26-47-31)40(58)49-28(2)37(55)42-4/h22-29,33-35H,5-21H2,1-4H3,(H,42,55)(H,43,46)(H,44,47)(H,45,48)(H,49,58)(H,50,57)(H,51,54)(H,52,56)(H,53,59)/t28-,29-,33-,34+,35+/m0/s1. The summed E-state index contributed by atoms with van der Waals surface area (Å²) in [5.41, 5.74) is 1.69. The van der Waals surface area contributed by atoms with E-state index in [1.165, 1.54) is 110 Å². The second-order valence-electron chi connectivity index (χ2n) is 15.2. The molecule has 0 aliphatic carbocycles. The van der Waals surface area contributed by atoms with Crippen molar-refractivity contribution in [2.75, 3.05) is 7.05 Å². The van der Waals surface area contributed by atoms with Crippen LogP contribution in [0.4, 0.5) is 0 Å². The van der Waals surface area contributed by atoms with Crippen LogP contribution < -0.4 is 31.9 Å². The van der Waals surface area contributed by atoms with Gasteiger partial charge in [-0.15, -0.1) is 0 Å². The van der Waals surface area contributed by atoms with Gasteiger partial charge < -0.3 is 46.9 Å². The third-order valence-electron chi connectivity index (χ3n) is 10.1. The number of aromatic amines is 3. The maximum atomic E-state index is 13.8. The molecule has 0 spiro atoms. The molecule has 3 aromatic heterocycles. The maximum absolute atomic E-state index is 13.8. The lowest BCUT2D eigenvalue weighted by Crippen LogP contribution is -2.59. The van der Waals surface area contributed by atoms with Crippen molar-refractivity contribution in [2.24, 2.45) is 0 Å². The molecule has 3 rings (SSSR count). The molecule has 9 N–H and O–H groups in total. The van der Waals surface area contributed by atoms with E-state index < -0.39 is 59.7 Å². The normalized spacial score (nSPS) is 13.6. The van der Waals surface area contributed by atoms with Gasteiger partial charge in [0.2, 0.25) is 35.4 Å². The lowest BCUT2D eigenvalue weighted by atomic mass is 10.0. The number of H-pyrrole nitrogens is 3. The number of nitrogens with zero attached hydrogens (tertiary/aromatic N) is 3. The van der Waals surface area contributed by atoms with Crippen molar-refractivity contribution >= 4 is 35.4 Å². The zero-order valence-electron chi connectivity index (χ0n) is 35.2. The number of aromatic nitrogens is 6. The molecule has 0 aromatic carbocycles. The third-order valence-corrected chi connectivity index (χ3v) is 10.1. The molecule has 0 radical (unpaired) electrons. The monoisotopic (exact) mass is 823 g/mol. The smallest absolute Gasteiger partial charge is 0.243 e. The molecule has 3 aromatic rings. The van der Waals surface area contributed by atoms with Crippen molar-refractivity contribution in [3.63, 3.8) is 0 Å². The van der Waals surface area contributed by atoms with Crippen LogP contribution in [0.5, 0.6) is 0 Å². The van der Waals surface area contributed by atoms with Crippen LogP contribution in [-0.2, 0) is 48.0 Å². The zero-order valence-corrected chi connectivity index (χ0v) is 35.2. The minimum absolute atomic E-state index is 0.0119. The van der Waals surface area contributed by atoms with Crippen molar-refractivity contribution in [2.45, 2.75) is 160 Å². The number of likely N-dealkylation sites (N-methyl/N-ethyl adjacent to an activating group) is 1. The summed E-state index contributed by atoms with van der Waals surface area (Å²) in [5, 5.41) is 16.0. The lowest BCUT2D eigenvalue weighted by molar-refractivity contribution is -0.134. The van der Waals surface area contributed by atoms with E-state index >= 15 is 0 Å². The van der Waals surface area contributed by atoms with E-state index in [9.17, 15) is 28.8 Å². The number of carbonyl (C=O) groups excluding carboxylic acids is 6. The highest BCUT2D eigenvalue weighted by Crippen LogP contribution is 2.13. The van der Waals surface area contributed by atoms with Crippen LogP contribution in [0.2, 0.25) is 0 Å². The minimum Gasteiger partial charge on any atom is -0.357 e. The number of imidazole rings is 3. The molecule has 5 atom stereocenters. The quantitative estimate of drug-likeness (QED) is 0.0447. The second-order valence-corrected chi connectivity index (χ2v) is 15.2. The molecule has 0 saturated carbocycles. The predicted octanol–water partition coefficient (Wildman–Crippen LogP) is 2.57. The van der Waals surface area contributed by atoms with E-state index in [-0.39, 0.29) is 31.6 Å². The van der Waals surface area contributed by atoms with E-state index in [4.69, 9.17) is 0 Å². The molecule has 326 valence electrons. The molecule has 0 aliphatic heterocycles. The molecular formula is C41H66N12O6. The molecule has 0 aliphatic rings. The van der Waals surface area contributed by atoms with E-state index in [0.29, 0.717) is 23.5 Å². The number of unbranched alkanes of at least 4 members (excludes halogenated alkanes) is 12. The van der Waals surface area contributed by atoms with Crippen LogP contribution in [-0.4, -0.2) is 103 Å². The number of amides is 6. The number of rotatable bonds is 30. The van der Waals surface area contributed by atoms with Gasteiger partial charge in [-0.1, -0.05) is 84.0 Å². The van der Waals surface area contributed by atoms with E-state index in [0.717, 1.165) is 19.3 Å². The maximum Gasteiger partial charge on any atom is 0.243 e. The molecule has 0 unspecified atom stereocenters. The number of hydrogen-bond acceptors (Lipinski definition) is 9. The summed E-state index contributed by atoms with van der Waals surface area (Å²) < 4.78 is 0. The second kappa shape index (κ2) is 27.2. The summed E-state index contributed by atoms with van der Waals surface area (Å²) in [4.78, 5) is 100. The molecule has 0 saturated heterocycles. The Labute approximate surface area is 347 Å². The Morgan fingerprint density at radius 2 is 0.847 bits per heavy atom. The number of hydrogen-bond donors (Lipinski definition) is 9. The summed E-state index contributed by atoms with van der Waals surface area (Å²) in [6.45, 7) is 5.21. The van der Waals surface area contributed by atoms with E-state index in [1.807, 2.05) is 0 Å². The van der Waals surface area contributed by atoms with Gasteiger partial charge in [0.05, 0.1) is 19.0 Å². The van der Waals surface area contributed by atoms with Crippen molar-refractivity contribution < 1.29 is 28.8 Å². The molecule has 0 fully saturated rings. The van der Waals surface area contributed by atoms with Gasteiger partial charge in [0.1, 0.15) is 30.2 Å². The lowest BCUT2D eigenvalue weighted by Gasteiger charge is -2.25. The highest BCUT2D eigenvalue weighted by atomic mass is 16.2. The van der Waals surface area contributed by atoms with E-state index in [2.05, 4.69) is 68.7 Å². The molecule has 59 heavy (non-hydrogen) atoms. The fourth-order valence-electron chi connectivity index (χ4n) is 6.59. The summed E-state index contributed by atoms with van der Waals surface area (Å²) in [7, 11) is 1.44. The molecule has 3 heterocycles. The first-order valence-electron chi connectivity index (χ1n) is 21.1.